The van der Waals surface area contributed by atoms with E-state index in [1.165, 1.54) is 9.80 Å². The summed E-state index contributed by atoms with van der Waals surface area (Å²) in [7, 11) is 6.71. The van der Waals surface area contributed by atoms with Gasteiger partial charge in [0.15, 0.2) is 0 Å². The van der Waals surface area contributed by atoms with Gasteiger partial charge in [-0.1, -0.05) is 0 Å². The third kappa shape index (κ3) is 31.7. The third-order valence-electron chi connectivity index (χ3n) is 0.891. The van der Waals surface area contributed by atoms with Crippen LogP contribution in [0.2, 0.25) is 0 Å². The predicted octanol–water partition coefficient (Wildman–Crippen LogP) is -3.41. The minimum Gasteiger partial charge on any atom is -0.549 e. The van der Waals surface area contributed by atoms with Crippen molar-refractivity contribution in [2.24, 2.45) is 0 Å². The van der Waals surface area contributed by atoms with Gasteiger partial charge in [-0.2, -0.15) is 0 Å². The van der Waals surface area contributed by atoms with Crippen LogP contribution in [-0.4, -0.2) is 63.0 Å². The zero-order valence-corrected chi connectivity index (χ0v) is 12.6. The van der Waals surface area contributed by atoms with Crippen LogP contribution in [0, 0.1) is 0 Å². The standard InChI is InChI=1S/2C4H9NO2.Zn/c2*1-5(2)3-4(6)7;/h2*3H2,1-2H3,(H,6,7);/q;;+2/p-2. The maximum atomic E-state index is 9.66. The summed E-state index contributed by atoms with van der Waals surface area (Å²) in [5.74, 6) is -2.07. The molecule has 6 nitrogen and oxygen atoms in total. The van der Waals surface area contributed by atoms with Crippen molar-refractivity contribution in [3.05, 3.63) is 0 Å². The molecule has 0 aliphatic carbocycles. The Balaban J connectivity index is -0.000000180. The maximum Gasteiger partial charge on any atom is 2.00 e. The number of hydrogen-bond donors (Lipinski definition) is 0. The van der Waals surface area contributed by atoms with E-state index in [9.17, 15) is 19.8 Å². The number of rotatable bonds is 4. The van der Waals surface area contributed by atoms with Gasteiger partial charge < -0.3 is 29.6 Å². The second-order valence-electron chi connectivity index (χ2n) is 3.22. The van der Waals surface area contributed by atoms with Crippen LogP contribution >= 0.6 is 0 Å². The topological polar surface area (TPSA) is 86.7 Å². The molecule has 7 heteroatoms. The van der Waals surface area contributed by atoms with Crippen LogP contribution in [0.15, 0.2) is 0 Å². The molecule has 0 aliphatic heterocycles. The van der Waals surface area contributed by atoms with Crippen molar-refractivity contribution >= 4 is 11.9 Å². The first kappa shape index (κ1) is 20.0. The van der Waals surface area contributed by atoms with Crippen molar-refractivity contribution in [3.8, 4) is 0 Å². The SMILES string of the molecule is CN(C)CC(=O)[O-].CN(C)CC(=O)[O-].[Zn+2]. The molecular weight excluding hydrogens is 253 g/mol. The Bertz CT molecular complexity index is 165. The number of nitrogens with zero attached hydrogens (tertiary/aromatic N) is 2. The summed E-state index contributed by atoms with van der Waals surface area (Å²) in [5.41, 5.74) is 0. The van der Waals surface area contributed by atoms with Crippen molar-refractivity contribution in [1.29, 1.82) is 0 Å². The van der Waals surface area contributed by atoms with E-state index in [-0.39, 0.29) is 32.6 Å². The molecular formula is C8H16N2O4Zn. The number of carbonyl (C=O) groups excluding carboxylic acids is 2. The van der Waals surface area contributed by atoms with Crippen molar-refractivity contribution in [2.45, 2.75) is 0 Å². The molecule has 0 aromatic rings. The fraction of sp³-hybridized carbons (Fsp3) is 0.750. The van der Waals surface area contributed by atoms with Crippen LogP contribution in [-0.2, 0) is 29.1 Å². The molecule has 0 aromatic heterocycles. The summed E-state index contributed by atoms with van der Waals surface area (Å²) in [5, 5.41) is 19.3. The molecule has 0 unspecified atom stereocenters. The quantitative estimate of drug-likeness (QED) is 0.494. The second kappa shape index (κ2) is 11.6. The summed E-state index contributed by atoms with van der Waals surface area (Å²) in [6.07, 6.45) is 0. The Hall–Kier alpha value is -0.517. The molecule has 0 aromatic carbocycles. The van der Waals surface area contributed by atoms with Crippen molar-refractivity contribution in [2.75, 3.05) is 41.3 Å². The minimum absolute atomic E-state index is 0. The summed E-state index contributed by atoms with van der Waals surface area (Å²) >= 11 is 0. The summed E-state index contributed by atoms with van der Waals surface area (Å²) in [6, 6.07) is 0. The zero-order valence-electron chi connectivity index (χ0n) is 9.65. The van der Waals surface area contributed by atoms with Crippen LogP contribution in [0.3, 0.4) is 0 Å². The fourth-order valence-corrected chi connectivity index (χ4v) is 0.516. The molecule has 0 radical (unpaired) electrons. The summed E-state index contributed by atoms with van der Waals surface area (Å²) in [6.45, 7) is 0. The minimum atomic E-state index is -1.04. The number of carboxylic acid groups (broad SMARTS) is 2. The van der Waals surface area contributed by atoms with Gasteiger partial charge in [-0.25, -0.2) is 0 Å². The van der Waals surface area contributed by atoms with Gasteiger partial charge in [0.25, 0.3) is 0 Å². The number of likely N-dealkylation sites (N-methyl/N-ethyl adjacent to an activating group) is 2. The van der Waals surface area contributed by atoms with Gasteiger partial charge in [-0.05, 0) is 28.2 Å². The molecule has 0 rings (SSSR count). The summed E-state index contributed by atoms with van der Waals surface area (Å²) in [4.78, 5) is 22.4. The van der Waals surface area contributed by atoms with Gasteiger partial charge >= 0.3 is 19.5 Å². The normalized spacial score (nSPS) is 8.93. The number of aliphatic carboxylic acids is 2. The Morgan fingerprint density at radius 1 is 0.867 bits per heavy atom. The zero-order chi connectivity index (χ0) is 11.7. The van der Waals surface area contributed by atoms with Crippen LogP contribution < -0.4 is 10.2 Å². The predicted molar refractivity (Wildman–Crippen MR) is 47.1 cm³/mol. The largest absolute Gasteiger partial charge is 2.00 e. The van der Waals surface area contributed by atoms with Crippen LogP contribution in [0.4, 0.5) is 0 Å². The van der Waals surface area contributed by atoms with Crippen LogP contribution in [0.25, 0.3) is 0 Å². The van der Waals surface area contributed by atoms with E-state index in [0.29, 0.717) is 0 Å². The smallest absolute Gasteiger partial charge is 0.549 e. The van der Waals surface area contributed by atoms with Gasteiger partial charge in [0.05, 0.1) is 11.9 Å². The van der Waals surface area contributed by atoms with Gasteiger partial charge in [-0.15, -0.1) is 0 Å². The molecule has 0 aliphatic rings. The molecule has 0 spiro atoms. The molecule has 84 valence electrons. The molecule has 0 amide bonds. The van der Waals surface area contributed by atoms with E-state index in [1.54, 1.807) is 28.2 Å². The van der Waals surface area contributed by atoms with Crippen molar-refractivity contribution < 1.29 is 39.3 Å². The van der Waals surface area contributed by atoms with Gasteiger partial charge in [0.2, 0.25) is 0 Å². The average molecular weight is 270 g/mol. The maximum absolute atomic E-state index is 9.66. The Labute approximate surface area is 103 Å². The van der Waals surface area contributed by atoms with E-state index in [2.05, 4.69) is 0 Å². The van der Waals surface area contributed by atoms with Gasteiger partial charge in [0.1, 0.15) is 0 Å². The van der Waals surface area contributed by atoms with E-state index in [4.69, 9.17) is 0 Å². The van der Waals surface area contributed by atoms with Crippen LogP contribution in [0.5, 0.6) is 0 Å². The molecule has 0 fully saturated rings. The number of hydrogen-bond acceptors (Lipinski definition) is 6. The third-order valence-corrected chi connectivity index (χ3v) is 0.891. The van der Waals surface area contributed by atoms with Crippen LogP contribution in [0.1, 0.15) is 0 Å². The molecule has 0 atom stereocenters. The second-order valence-corrected chi connectivity index (χ2v) is 3.22. The van der Waals surface area contributed by atoms with E-state index < -0.39 is 11.9 Å². The van der Waals surface area contributed by atoms with E-state index >= 15 is 0 Å². The first-order valence-corrected chi connectivity index (χ1v) is 3.94. The first-order valence-electron chi connectivity index (χ1n) is 3.94. The Kier molecular flexibility index (Phi) is 15.4. The van der Waals surface area contributed by atoms with Gasteiger partial charge in [0, 0.05) is 13.1 Å². The average Bonchev–Trinajstić information content (AvgIpc) is 1.79. The molecule has 15 heavy (non-hydrogen) atoms. The van der Waals surface area contributed by atoms with Gasteiger partial charge in [-0.3, -0.25) is 0 Å². The number of carboxylic acids is 2. The van der Waals surface area contributed by atoms with E-state index in [0.717, 1.165) is 0 Å². The molecule has 0 bridgehead atoms. The molecule has 0 saturated carbocycles. The molecule has 0 N–H and O–H groups in total. The van der Waals surface area contributed by atoms with Crippen molar-refractivity contribution in [1.82, 2.24) is 9.80 Å². The Morgan fingerprint density at radius 3 is 1.07 bits per heavy atom. The van der Waals surface area contributed by atoms with Crippen molar-refractivity contribution in [3.63, 3.8) is 0 Å². The fourth-order valence-electron chi connectivity index (χ4n) is 0.516. The summed E-state index contributed by atoms with van der Waals surface area (Å²) < 4.78 is 0. The Morgan fingerprint density at radius 2 is 1.07 bits per heavy atom. The molecule has 0 heterocycles. The monoisotopic (exact) mass is 268 g/mol. The van der Waals surface area contributed by atoms with E-state index in [1.807, 2.05) is 0 Å². The molecule has 0 saturated heterocycles. The number of carbonyl (C=O) groups is 2. The first-order chi connectivity index (χ1) is 6.25.